The van der Waals surface area contributed by atoms with E-state index in [9.17, 15) is 9.59 Å². The van der Waals surface area contributed by atoms with Crippen molar-refractivity contribution >= 4 is 5.91 Å². The van der Waals surface area contributed by atoms with E-state index in [1.54, 1.807) is 0 Å². The molecule has 0 bridgehead atoms. The molecule has 5 nitrogen and oxygen atoms in total. The lowest BCUT2D eigenvalue weighted by Crippen LogP contribution is -2.25. The number of carbonyl (C=O) groups excluding carboxylic acids is 1. The van der Waals surface area contributed by atoms with Crippen molar-refractivity contribution in [1.82, 2.24) is 15.1 Å². The van der Waals surface area contributed by atoms with Crippen LogP contribution in [-0.4, -0.2) is 22.2 Å². The quantitative estimate of drug-likeness (QED) is 0.768. The van der Waals surface area contributed by atoms with Crippen LogP contribution in [0.4, 0.5) is 0 Å². The van der Waals surface area contributed by atoms with E-state index >= 15 is 0 Å². The molecule has 1 heterocycles. The molecule has 1 aromatic heterocycles. The molecule has 0 aliphatic carbocycles. The standard InChI is InChI=1S/C16H21N3O2/c1-2-3-4-8-11-17-16(21)14-12-15(20)19(18-14)13-9-6-5-7-10-13/h5-7,9-10,12,18H,2-4,8,11H2,1H3,(H,17,21). The Morgan fingerprint density at radius 2 is 1.95 bits per heavy atom. The number of carbonyl (C=O) groups is 1. The number of rotatable bonds is 7. The first-order valence-corrected chi connectivity index (χ1v) is 7.38. The zero-order valence-electron chi connectivity index (χ0n) is 12.3. The second-order valence-corrected chi connectivity index (χ2v) is 5.00. The summed E-state index contributed by atoms with van der Waals surface area (Å²) in [5.74, 6) is -0.238. The first kappa shape index (κ1) is 15.1. The van der Waals surface area contributed by atoms with Gasteiger partial charge in [-0.1, -0.05) is 44.4 Å². The minimum atomic E-state index is -0.239. The molecule has 0 saturated heterocycles. The lowest BCUT2D eigenvalue weighted by atomic mass is 10.2. The monoisotopic (exact) mass is 287 g/mol. The number of benzene rings is 1. The number of hydrogen-bond acceptors (Lipinski definition) is 2. The molecule has 21 heavy (non-hydrogen) atoms. The predicted molar refractivity (Wildman–Crippen MR) is 82.9 cm³/mol. The summed E-state index contributed by atoms with van der Waals surface area (Å²) >= 11 is 0. The molecule has 0 spiro atoms. The van der Waals surface area contributed by atoms with Gasteiger partial charge in [0.05, 0.1) is 5.69 Å². The molecular weight excluding hydrogens is 266 g/mol. The van der Waals surface area contributed by atoms with Crippen LogP contribution in [0.25, 0.3) is 5.69 Å². The number of para-hydroxylation sites is 1. The third-order valence-corrected chi connectivity index (χ3v) is 3.30. The Kier molecular flexibility index (Phi) is 5.37. The van der Waals surface area contributed by atoms with E-state index in [0.717, 1.165) is 12.8 Å². The van der Waals surface area contributed by atoms with Gasteiger partial charge in [0, 0.05) is 12.6 Å². The van der Waals surface area contributed by atoms with Crippen LogP contribution in [0.2, 0.25) is 0 Å². The maximum absolute atomic E-state index is 12.0. The normalized spacial score (nSPS) is 10.5. The summed E-state index contributed by atoms with van der Waals surface area (Å²) in [5.41, 5.74) is 0.765. The number of aromatic amines is 1. The third kappa shape index (κ3) is 4.08. The van der Waals surface area contributed by atoms with Gasteiger partial charge in [0.15, 0.2) is 0 Å². The summed E-state index contributed by atoms with van der Waals surface area (Å²) in [6.07, 6.45) is 4.42. The van der Waals surface area contributed by atoms with Crippen molar-refractivity contribution in [3.63, 3.8) is 0 Å². The lowest BCUT2D eigenvalue weighted by Gasteiger charge is -2.04. The molecule has 0 fully saturated rings. The Hall–Kier alpha value is -2.30. The van der Waals surface area contributed by atoms with Crippen LogP contribution in [0, 0.1) is 0 Å². The minimum Gasteiger partial charge on any atom is -0.351 e. The number of H-pyrrole nitrogens is 1. The highest BCUT2D eigenvalue weighted by molar-refractivity contribution is 5.92. The average Bonchev–Trinajstić information content (AvgIpc) is 2.90. The van der Waals surface area contributed by atoms with Crippen LogP contribution in [0.1, 0.15) is 43.1 Å². The Bertz CT molecular complexity index is 628. The highest BCUT2D eigenvalue weighted by Crippen LogP contribution is 2.03. The highest BCUT2D eigenvalue weighted by atomic mass is 16.2. The predicted octanol–water partition coefficient (Wildman–Crippen LogP) is 2.48. The van der Waals surface area contributed by atoms with E-state index in [0.29, 0.717) is 17.9 Å². The fourth-order valence-corrected chi connectivity index (χ4v) is 2.13. The molecule has 2 rings (SSSR count). The maximum atomic E-state index is 12.0. The number of hydrogen-bond donors (Lipinski definition) is 2. The summed E-state index contributed by atoms with van der Waals surface area (Å²) in [7, 11) is 0. The second kappa shape index (κ2) is 7.47. The summed E-state index contributed by atoms with van der Waals surface area (Å²) in [6, 6.07) is 10.5. The van der Waals surface area contributed by atoms with Gasteiger partial charge in [0.1, 0.15) is 5.69 Å². The topological polar surface area (TPSA) is 66.9 Å². The summed E-state index contributed by atoms with van der Waals surface area (Å²) in [6.45, 7) is 2.78. The lowest BCUT2D eigenvalue weighted by molar-refractivity contribution is 0.0947. The molecule has 2 N–H and O–H groups in total. The van der Waals surface area contributed by atoms with E-state index in [1.165, 1.54) is 23.6 Å². The van der Waals surface area contributed by atoms with Crippen LogP contribution in [0.15, 0.2) is 41.2 Å². The van der Waals surface area contributed by atoms with Gasteiger partial charge in [0.2, 0.25) is 0 Å². The first-order chi connectivity index (χ1) is 10.2. The van der Waals surface area contributed by atoms with Crippen LogP contribution >= 0.6 is 0 Å². The first-order valence-electron chi connectivity index (χ1n) is 7.38. The van der Waals surface area contributed by atoms with Gasteiger partial charge in [-0.25, -0.2) is 4.68 Å². The zero-order chi connectivity index (χ0) is 15.1. The third-order valence-electron chi connectivity index (χ3n) is 3.30. The molecule has 0 radical (unpaired) electrons. The number of unbranched alkanes of at least 4 members (excludes halogenated alkanes) is 3. The molecule has 0 atom stereocenters. The van der Waals surface area contributed by atoms with E-state index < -0.39 is 0 Å². The molecule has 112 valence electrons. The number of aromatic nitrogens is 2. The molecular formula is C16H21N3O2. The van der Waals surface area contributed by atoms with Crippen LogP contribution in [0.3, 0.4) is 0 Å². The molecule has 0 aliphatic rings. The van der Waals surface area contributed by atoms with Gasteiger partial charge in [-0.2, -0.15) is 0 Å². The van der Waals surface area contributed by atoms with Gasteiger partial charge in [-0.3, -0.25) is 14.7 Å². The average molecular weight is 287 g/mol. The highest BCUT2D eigenvalue weighted by Gasteiger charge is 2.11. The Balaban J connectivity index is 1.99. The maximum Gasteiger partial charge on any atom is 0.271 e. The van der Waals surface area contributed by atoms with Crippen LogP contribution in [-0.2, 0) is 0 Å². The van der Waals surface area contributed by atoms with Gasteiger partial charge < -0.3 is 5.32 Å². The van der Waals surface area contributed by atoms with E-state index in [-0.39, 0.29) is 11.5 Å². The zero-order valence-corrected chi connectivity index (χ0v) is 12.3. The molecule has 5 heteroatoms. The Morgan fingerprint density at radius 1 is 1.19 bits per heavy atom. The molecule has 0 aliphatic heterocycles. The number of nitrogens with zero attached hydrogens (tertiary/aromatic N) is 1. The van der Waals surface area contributed by atoms with Crippen molar-refractivity contribution in [2.45, 2.75) is 32.6 Å². The Morgan fingerprint density at radius 3 is 2.67 bits per heavy atom. The second-order valence-electron chi connectivity index (χ2n) is 5.00. The largest absolute Gasteiger partial charge is 0.351 e. The van der Waals surface area contributed by atoms with Crippen LogP contribution < -0.4 is 10.9 Å². The minimum absolute atomic E-state index is 0.238. The van der Waals surface area contributed by atoms with Gasteiger partial charge in [-0.05, 0) is 18.6 Å². The van der Waals surface area contributed by atoms with Gasteiger partial charge in [-0.15, -0.1) is 0 Å². The molecule has 2 aromatic rings. The van der Waals surface area contributed by atoms with Crippen molar-refractivity contribution in [3.05, 3.63) is 52.4 Å². The molecule has 1 aromatic carbocycles. The fourth-order valence-electron chi connectivity index (χ4n) is 2.13. The molecule has 0 saturated carbocycles. The molecule has 0 unspecified atom stereocenters. The van der Waals surface area contributed by atoms with Crippen molar-refractivity contribution in [2.75, 3.05) is 6.54 Å². The smallest absolute Gasteiger partial charge is 0.271 e. The van der Waals surface area contributed by atoms with Crippen molar-refractivity contribution in [3.8, 4) is 5.69 Å². The SMILES string of the molecule is CCCCCCNC(=O)c1cc(=O)n(-c2ccccc2)[nH]1. The summed E-state index contributed by atoms with van der Waals surface area (Å²) in [4.78, 5) is 23.9. The van der Waals surface area contributed by atoms with E-state index in [2.05, 4.69) is 17.3 Å². The van der Waals surface area contributed by atoms with Crippen LogP contribution in [0.5, 0.6) is 0 Å². The van der Waals surface area contributed by atoms with Crippen molar-refractivity contribution in [2.24, 2.45) is 0 Å². The summed E-state index contributed by atoms with van der Waals surface area (Å²) < 4.78 is 1.37. The summed E-state index contributed by atoms with van der Waals surface area (Å²) in [5, 5.41) is 5.67. The number of amides is 1. The van der Waals surface area contributed by atoms with Gasteiger partial charge >= 0.3 is 0 Å². The van der Waals surface area contributed by atoms with Gasteiger partial charge in [0.25, 0.3) is 11.5 Å². The van der Waals surface area contributed by atoms with E-state index in [4.69, 9.17) is 0 Å². The Labute approximate surface area is 124 Å². The molecule has 1 amide bonds. The van der Waals surface area contributed by atoms with E-state index in [1.807, 2.05) is 30.3 Å². The number of nitrogens with one attached hydrogen (secondary N) is 2. The van der Waals surface area contributed by atoms with Crippen molar-refractivity contribution in [1.29, 1.82) is 0 Å². The fraction of sp³-hybridized carbons (Fsp3) is 0.375. The van der Waals surface area contributed by atoms with Crippen molar-refractivity contribution < 1.29 is 4.79 Å².